The van der Waals surface area contributed by atoms with Crippen LogP contribution < -0.4 is 4.43 Å². The molecule has 1 rings (SSSR count). The molecular weight excluding hydrogens is 264 g/mol. The van der Waals surface area contributed by atoms with Crippen LogP contribution in [0.2, 0.25) is 23.2 Å². The van der Waals surface area contributed by atoms with Gasteiger partial charge in [0.25, 0.3) is 8.32 Å². The summed E-state index contributed by atoms with van der Waals surface area (Å²) in [6.45, 7) is 12.6. The van der Waals surface area contributed by atoms with E-state index in [0.717, 1.165) is 11.8 Å². The fourth-order valence-corrected chi connectivity index (χ4v) is 2.63. The van der Waals surface area contributed by atoms with Crippen LogP contribution in [0, 0.1) is 6.92 Å². The molecule has 1 aromatic rings. The van der Waals surface area contributed by atoms with Crippen LogP contribution >= 0.6 is 11.6 Å². The number of rotatable bonds is 3. The lowest BCUT2D eigenvalue weighted by Gasteiger charge is -2.37. The molecule has 0 atom stereocenters. The summed E-state index contributed by atoms with van der Waals surface area (Å²) in [6.07, 6.45) is 0.823. The molecule has 0 aliphatic rings. The van der Waals surface area contributed by atoms with Gasteiger partial charge in [0, 0.05) is 0 Å². The van der Waals surface area contributed by atoms with E-state index in [4.69, 9.17) is 16.0 Å². The first-order valence-corrected chi connectivity index (χ1v) is 9.32. The lowest BCUT2D eigenvalue weighted by molar-refractivity contribution is 0.112. The van der Waals surface area contributed by atoms with Crippen molar-refractivity contribution in [3.05, 3.63) is 28.3 Å². The van der Waals surface area contributed by atoms with E-state index < -0.39 is 8.32 Å². The Kier molecular flexibility index (Phi) is 4.29. The van der Waals surface area contributed by atoms with Crippen LogP contribution in [0.25, 0.3) is 0 Å². The molecule has 0 saturated heterocycles. The van der Waals surface area contributed by atoms with Gasteiger partial charge in [-0.2, -0.15) is 0 Å². The van der Waals surface area contributed by atoms with Crippen LogP contribution in [-0.4, -0.2) is 14.6 Å². The Morgan fingerprint density at radius 1 is 1.28 bits per heavy atom. The third kappa shape index (κ3) is 2.95. The molecule has 2 nitrogen and oxygen atoms in total. The number of halogens is 1. The summed E-state index contributed by atoms with van der Waals surface area (Å²) in [5.41, 5.74) is 1.45. The molecule has 0 aromatic heterocycles. The normalized spacial score (nSPS) is 12.4. The third-order valence-electron chi connectivity index (χ3n) is 3.65. The van der Waals surface area contributed by atoms with E-state index >= 15 is 0 Å². The SMILES string of the molecule is Cc1ccc(Cl)c(O[Si](C)(C)C(C)(C)C)c1C=O. The van der Waals surface area contributed by atoms with Gasteiger partial charge in [0.15, 0.2) is 6.29 Å². The summed E-state index contributed by atoms with van der Waals surface area (Å²) in [6, 6.07) is 3.62. The van der Waals surface area contributed by atoms with Crippen molar-refractivity contribution in [2.24, 2.45) is 0 Å². The van der Waals surface area contributed by atoms with Crippen molar-refractivity contribution >= 4 is 26.2 Å². The van der Waals surface area contributed by atoms with Crippen LogP contribution in [-0.2, 0) is 0 Å². The molecule has 0 aliphatic heterocycles. The Bertz CT molecular complexity index is 462. The second-order valence-corrected chi connectivity index (χ2v) is 11.2. The quantitative estimate of drug-likeness (QED) is 0.586. The molecule has 0 aliphatic carbocycles. The van der Waals surface area contributed by atoms with Gasteiger partial charge in [0.2, 0.25) is 0 Å². The van der Waals surface area contributed by atoms with Gasteiger partial charge in [-0.15, -0.1) is 0 Å². The number of aldehydes is 1. The summed E-state index contributed by atoms with van der Waals surface area (Å²) >= 11 is 6.17. The Hall–Kier alpha value is -0.803. The second-order valence-electron chi connectivity index (χ2n) is 6.09. The second kappa shape index (κ2) is 5.06. The van der Waals surface area contributed by atoms with Gasteiger partial charge >= 0.3 is 0 Å². The maximum absolute atomic E-state index is 11.2. The number of benzene rings is 1. The molecule has 0 radical (unpaired) electrons. The predicted octanol–water partition coefficient (Wildman–Crippen LogP) is 4.84. The van der Waals surface area contributed by atoms with Gasteiger partial charge in [-0.25, -0.2) is 0 Å². The number of hydrogen-bond acceptors (Lipinski definition) is 2. The minimum atomic E-state index is -1.99. The van der Waals surface area contributed by atoms with Crippen LogP contribution in [0.5, 0.6) is 5.75 Å². The van der Waals surface area contributed by atoms with Crippen LogP contribution in [0.4, 0.5) is 0 Å². The summed E-state index contributed by atoms with van der Waals surface area (Å²) in [4.78, 5) is 11.2. The highest BCUT2D eigenvalue weighted by molar-refractivity contribution is 6.74. The minimum absolute atomic E-state index is 0.0697. The fraction of sp³-hybridized carbons (Fsp3) is 0.500. The van der Waals surface area contributed by atoms with Gasteiger partial charge in [-0.1, -0.05) is 38.4 Å². The van der Waals surface area contributed by atoms with E-state index in [9.17, 15) is 4.79 Å². The first-order valence-electron chi connectivity index (χ1n) is 6.03. The van der Waals surface area contributed by atoms with Crippen molar-refractivity contribution in [3.63, 3.8) is 0 Å². The number of carbonyl (C=O) groups is 1. The molecule has 100 valence electrons. The Labute approximate surface area is 115 Å². The average molecular weight is 285 g/mol. The molecule has 0 N–H and O–H groups in total. The highest BCUT2D eigenvalue weighted by Gasteiger charge is 2.39. The smallest absolute Gasteiger partial charge is 0.250 e. The van der Waals surface area contributed by atoms with Crippen LogP contribution in [0.15, 0.2) is 12.1 Å². The lowest BCUT2D eigenvalue weighted by Crippen LogP contribution is -2.44. The molecule has 0 spiro atoms. The van der Waals surface area contributed by atoms with Crippen LogP contribution in [0.1, 0.15) is 36.7 Å². The molecule has 0 saturated carbocycles. The molecule has 0 unspecified atom stereocenters. The zero-order valence-electron chi connectivity index (χ0n) is 11.9. The summed E-state index contributed by atoms with van der Waals surface area (Å²) < 4.78 is 6.18. The first-order chi connectivity index (χ1) is 8.10. The molecule has 0 fully saturated rings. The third-order valence-corrected chi connectivity index (χ3v) is 8.27. The van der Waals surface area contributed by atoms with Crippen molar-refractivity contribution in [2.45, 2.75) is 45.8 Å². The maximum atomic E-state index is 11.2. The molecule has 4 heteroatoms. The zero-order chi connectivity index (χ0) is 14.1. The van der Waals surface area contributed by atoms with Crippen molar-refractivity contribution in [3.8, 4) is 5.75 Å². The average Bonchev–Trinajstić information content (AvgIpc) is 2.22. The predicted molar refractivity (Wildman–Crippen MR) is 79.4 cm³/mol. The largest absolute Gasteiger partial charge is 0.542 e. The first kappa shape index (κ1) is 15.3. The van der Waals surface area contributed by atoms with Gasteiger partial charge in [0.1, 0.15) is 5.75 Å². The summed E-state index contributed by atoms with van der Waals surface area (Å²) in [5.74, 6) is 0.540. The standard InChI is InChI=1S/C14H21ClO2Si/c1-10-7-8-12(15)13(11(10)9-16)17-18(5,6)14(2,3)4/h7-9H,1-6H3. The highest BCUT2D eigenvalue weighted by atomic mass is 35.5. The van der Waals surface area contributed by atoms with Crippen LogP contribution in [0.3, 0.4) is 0 Å². The van der Waals surface area contributed by atoms with E-state index in [1.807, 2.05) is 13.0 Å². The molecule has 18 heavy (non-hydrogen) atoms. The number of aryl methyl sites for hydroxylation is 1. The Balaban J connectivity index is 3.27. The topological polar surface area (TPSA) is 26.3 Å². The van der Waals surface area contributed by atoms with Crippen molar-refractivity contribution in [1.82, 2.24) is 0 Å². The van der Waals surface area contributed by atoms with Gasteiger partial charge in [-0.05, 0) is 36.7 Å². The molecule has 0 bridgehead atoms. The van der Waals surface area contributed by atoms with Crippen molar-refractivity contribution in [2.75, 3.05) is 0 Å². The summed E-state index contributed by atoms with van der Waals surface area (Å²) in [5, 5.41) is 0.577. The molecule has 1 aromatic carbocycles. The Morgan fingerprint density at radius 2 is 1.83 bits per heavy atom. The molecule has 0 heterocycles. The van der Waals surface area contributed by atoms with E-state index in [2.05, 4.69) is 33.9 Å². The molecule has 0 amide bonds. The minimum Gasteiger partial charge on any atom is -0.542 e. The van der Waals surface area contributed by atoms with Gasteiger partial charge < -0.3 is 4.43 Å². The number of hydrogen-bond donors (Lipinski definition) is 0. The zero-order valence-corrected chi connectivity index (χ0v) is 13.7. The van der Waals surface area contributed by atoms with Crippen molar-refractivity contribution in [1.29, 1.82) is 0 Å². The van der Waals surface area contributed by atoms with Gasteiger partial charge in [0.05, 0.1) is 10.6 Å². The van der Waals surface area contributed by atoms with E-state index in [0.29, 0.717) is 16.3 Å². The maximum Gasteiger partial charge on any atom is 0.250 e. The van der Waals surface area contributed by atoms with E-state index in [1.165, 1.54) is 0 Å². The summed E-state index contributed by atoms with van der Waals surface area (Å²) in [7, 11) is -1.99. The van der Waals surface area contributed by atoms with Gasteiger partial charge in [-0.3, -0.25) is 4.79 Å². The van der Waals surface area contributed by atoms with E-state index in [-0.39, 0.29) is 5.04 Å². The lowest BCUT2D eigenvalue weighted by atomic mass is 10.1. The molecular formula is C14H21ClO2Si. The van der Waals surface area contributed by atoms with Crippen molar-refractivity contribution < 1.29 is 9.22 Å². The highest BCUT2D eigenvalue weighted by Crippen LogP contribution is 2.40. The monoisotopic (exact) mass is 284 g/mol. The Morgan fingerprint density at radius 3 is 2.28 bits per heavy atom. The number of carbonyl (C=O) groups excluding carboxylic acids is 1. The fourth-order valence-electron chi connectivity index (χ4n) is 1.33. The van der Waals surface area contributed by atoms with E-state index in [1.54, 1.807) is 6.07 Å².